The highest BCUT2D eigenvalue weighted by Gasteiger charge is 2.23. The summed E-state index contributed by atoms with van der Waals surface area (Å²) >= 11 is 1.43. The summed E-state index contributed by atoms with van der Waals surface area (Å²) in [6, 6.07) is 11.7. The smallest absolute Gasteiger partial charge is 0.253 e. The second-order valence-corrected chi connectivity index (χ2v) is 5.57. The number of nitrogens with zero attached hydrogens (tertiary/aromatic N) is 1. The molecule has 0 aliphatic heterocycles. The van der Waals surface area contributed by atoms with Gasteiger partial charge in [0.2, 0.25) is 0 Å². The number of thiophene rings is 1. The van der Waals surface area contributed by atoms with Crippen LogP contribution in [0.25, 0.3) is 0 Å². The molecule has 0 saturated carbocycles. The predicted molar refractivity (Wildman–Crippen MR) is 88.2 cm³/mol. The van der Waals surface area contributed by atoms with Gasteiger partial charge in [-0.15, -0.1) is 0 Å². The maximum atomic E-state index is 12.5. The number of aromatic amines is 1. The van der Waals surface area contributed by atoms with Crippen molar-refractivity contribution in [2.24, 2.45) is 0 Å². The summed E-state index contributed by atoms with van der Waals surface area (Å²) in [6.07, 6.45) is 1.54. The summed E-state index contributed by atoms with van der Waals surface area (Å²) in [4.78, 5) is 24.8. The highest BCUT2D eigenvalue weighted by Crippen LogP contribution is 2.16. The Morgan fingerprint density at radius 1 is 1.13 bits per heavy atom. The van der Waals surface area contributed by atoms with Crippen molar-refractivity contribution in [3.05, 3.63) is 70.5 Å². The van der Waals surface area contributed by atoms with E-state index in [-0.39, 0.29) is 11.8 Å². The molecule has 1 atom stereocenters. The second kappa shape index (κ2) is 6.89. The van der Waals surface area contributed by atoms with Gasteiger partial charge in [0, 0.05) is 11.4 Å². The minimum atomic E-state index is -0.799. The SMILES string of the molecule is O=C(N[C@@H](C(=O)Nc1ccn[nH]1)c1ccccc1)c1ccsc1. The Labute approximate surface area is 136 Å². The topological polar surface area (TPSA) is 86.9 Å². The molecule has 0 bridgehead atoms. The summed E-state index contributed by atoms with van der Waals surface area (Å²) in [7, 11) is 0. The summed E-state index contributed by atoms with van der Waals surface area (Å²) in [5.74, 6) is -0.162. The van der Waals surface area contributed by atoms with Gasteiger partial charge >= 0.3 is 0 Å². The van der Waals surface area contributed by atoms with E-state index < -0.39 is 6.04 Å². The van der Waals surface area contributed by atoms with Crippen molar-refractivity contribution < 1.29 is 9.59 Å². The average Bonchev–Trinajstić information content (AvgIpc) is 3.26. The van der Waals surface area contributed by atoms with Crippen molar-refractivity contribution in [3.8, 4) is 0 Å². The largest absolute Gasteiger partial charge is 0.336 e. The van der Waals surface area contributed by atoms with E-state index in [2.05, 4.69) is 20.8 Å². The van der Waals surface area contributed by atoms with Gasteiger partial charge in [-0.1, -0.05) is 30.3 Å². The summed E-state index contributed by atoms with van der Waals surface area (Å²) in [5, 5.41) is 15.5. The number of anilines is 1. The van der Waals surface area contributed by atoms with Crippen LogP contribution in [-0.4, -0.2) is 22.0 Å². The predicted octanol–water partition coefficient (Wildman–Crippen LogP) is 2.58. The van der Waals surface area contributed by atoms with Gasteiger partial charge in [-0.2, -0.15) is 16.4 Å². The molecule has 2 aromatic heterocycles. The molecular weight excluding hydrogens is 312 g/mol. The van der Waals surface area contributed by atoms with E-state index in [1.807, 2.05) is 23.6 Å². The number of amides is 2. The minimum absolute atomic E-state index is 0.292. The Balaban J connectivity index is 1.82. The number of nitrogens with one attached hydrogen (secondary N) is 3. The first-order valence-electron chi connectivity index (χ1n) is 6.92. The molecule has 1 aromatic carbocycles. The number of carbonyl (C=O) groups is 2. The zero-order valence-electron chi connectivity index (χ0n) is 12.0. The molecule has 0 unspecified atom stereocenters. The van der Waals surface area contributed by atoms with Crippen LogP contribution in [0.5, 0.6) is 0 Å². The quantitative estimate of drug-likeness (QED) is 0.673. The summed E-state index contributed by atoms with van der Waals surface area (Å²) in [6.45, 7) is 0. The zero-order chi connectivity index (χ0) is 16.1. The molecule has 2 heterocycles. The van der Waals surface area contributed by atoms with E-state index in [1.54, 1.807) is 29.6 Å². The van der Waals surface area contributed by atoms with Crippen molar-refractivity contribution in [1.82, 2.24) is 15.5 Å². The van der Waals surface area contributed by atoms with Crippen molar-refractivity contribution >= 4 is 29.0 Å². The van der Waals surface area contributed by atoms with E-state index in [1.165, 1.54) is 17.5 Å². The molecule has 3 aromatic rings. The fourth-order valence-corrected chi connectivity index (χ4v) is 2.72. The molecule has 7 heteroatoms. The first-order valence-corrected chi connectivity index (χ1v) is 7.86. The Morgan fingerprint density at radius 2 is 1.96 bits per heavy atom. The average molecular weight is 326 g/mol. The van der Waals surface area contributed by atoms with Crippen LogP contribution in [-0.2, 0) is 4.79 Å². The highest BCUT2D eigenvalue weighted by molar-refractivity contribution is 7.08. The first kappa shape index (κ1) is 15.0. The van der Waals surface area contributed by atoms with Crippen LogP contribution < -0.4 is 10.6 Å². The van der Waals surface area contributed by atoms with Crippen molar-refractivity contribution in [2.75, 3.05) is 5.32 Å². The van der Waals surface area contributed by atoms with Gasteiger partial charge in [0.15, 0.2) is 0 Å². The molecule has 0 saturated heterocycles. The van der Waals surface area contributed by atoms with E-state index in [4.69, 9.17) is 0 Å². The number of carbonyl (C=O) groups excluding carboxylic acids is 2. The van der Waals surface area contributed by atoms with E-state index >= 15 is 0 Å². The maximum absolute atomic E-state index is 12.5. The van der Waals surface area contributed by atoms with Gasteiger partial charge in [0.05, 0.1) is 11.8 Å². The van der Waals surface area contributed by atoms with Gasteiger partial charge < -0.3 is 10.6 Å². The van der Waals surface area contributed by atoms with Gasteiger partial charge in [0.1, 0.15) is 11.9 Å². The van der Waals surface area contributed by atoms with Crippen LogP contribution in [0.4, 0.5) is 5.82 Å². The minimum Gasteiger partial charge on any atom is -0.336 e. The van der Waals surface area contributed by atoms with Crippen LogP contribution in [0.1, 0.15) is 22.0 Å². The number of hydrogen-bond acceptors (Lipinski definition) is 4. The van der Waals surface area contributed by atoms with E-state index in [9.17, 15) is 9.59 Å². The molecule has 0 fully saturated rings. The summed E-state index contributed by atoms with van der Waals surface area (Å²) in [5.41, 5.74) is 1.23. The molecule has 3 N–H and O–H groups in total. The normalized spacial score (nSPS) is 11.7. The lowest BCUT2D eigenvalue weighted by Gasteiger charge is -2.18. The standard InChI is InChI=1S/C16H14N4O2S/c21-15(12-7-9-23-10-12)19-14(11-4-2-1-3-5-11)16(22)18-13-6-8-17-20-13/h1-10,14H,(H,19,21)(H2,17,18,20,22)/t14-/m1/s1. The number of hydrogen-bond donors (Lipinski definition) is 3. The van der Waals surface area contributed by atoms with Crippen molar-refractivity contribution in [2.45, 2.75) is 6.04 Å². The molecule has 0 radical (unpaired) electrons. The fraction of sp³-hybridized carbons (Fsp3) is 0.0625. The first-order chi connectivity index (χ1) is 11.2. The molecule has 0 spiro atoms. The van der Waals surface area contributed by atoms with Crippen molar-refractivity contribution in [1.29, 1.82) is 0 Å². The number of aromatic nitrogens is 2. The Morgan fingerprint density at radius 3 is 2.61 bits per heavy atom. The van der Waals surface area contributed by atoms with Crippen LogP contribution >= 0.6 is 11.3 Å². The van der Waals surface area contributed by atoms with Gasteiger partial charge in [-0.05, 0) is 17.0 Å². The zero-order valence-corrected chi connectivity index (χ0v) is 12.8. The van der Waals surface area contributed by atoms with Crippen LogP contribution in [0.15, 0.2) is 59.4 Å². The molecule has 3 rings (SSSR count). The van der Waals surface area contributed by atoms with Gasteiger partial charge in [-0.3, -0.25) is 14.7 Å². The maximum Gasteiger partial charge on any atom is 0.253 e. The third-order valence-corrected chi connectivity index (χ3v) is 3.90. The lowest BCUT2D eigenvalue weighted by molar-refractivity contribution is -0.118. The molecule has 0 aliphatic carbocycles. The van der Waals surface area contributed by atoms with E-state index in [0.29, 0.717) is 16.9 Å². The number of rotatable bonds is 5. The molecule has 116 valence electrons. The Hall–Kier alpha value is -2.93. The van der Waals surface area contributed by atoms with Crippen LogP contribution in [0, 0.1) is 0 Å². The van der Waals surface area contributed by atoms with E-state index in [0.717, 1.165) is 0 Å². The van der Waals surface area contributed by atoms with Crippen molar-refractivity contribution in [3.63, 3.8) is 0 Å². The number of H-pyrrole nitrogens is 1. The number of benzene rings is 1. The van der Waals surface area contributed by atoms with Crippen LogP contribution in [0.3, 0.4) is 0 Å². The Bertz CT molecular complexity index is 770. The van der Waals surface area contributed by atoms with Crippen LogP contribution in [0.2, 0.25) is 0 Å². The highest BCUT2D eigenvalue weighted by atomic mass is 32.1. The molecule has 2 amide bonds. The molecule has 0 aliphatic rings. The lowest BCUT2D eigenvalue weighted by Crippen LogP contribution is -2.36. The third kappa shape index (κ3) is 3.64. The molecular formula is C16H14N4O2S. The monoisotopic (exact) mass is 326 g/mol. The van der Waals surface area contributed by atoms with Gasteiger partial charge in [0.25, 0.3) is 11.8 Å². The fourth-order valence-electron chi connectivity index (χ4n) is 2.08. The molecule has 23 heavy (non-hydrogen) atoms. The third-order valence-electron chi connectivity index (χ3n) is 3.21. The second-order valence-electron chi connectivity index (χ2n) is 4.79. The molecule has 6 nitrogen and oxygen atoms in total. The lowest BCUT2D eigenvalue weighted by atomic mass is 10.1. The van der Waals surface area contributed by atoms with Gasteiger partial charge in [-0.25, -0.2) is 0 Å². The summed E-state index contributed by atoms with van der Waals surface area (Å²) < 4.78 is 0. The Kier molecular flexibility index (Phi) is 4.49.